The van der Waals surface area contributed by atoms with Crippen LogP contribution in [0.1, 0.15) is 6.92 Å². The Morgan fingerprint density at radius 2 is 1.72 bits per heavy atom. The second kappa shape index (κ2) is 9.74. The Morgan fingerprint density at radius 3 is 2.45 bits per heavy atom. The zero-order valence-corrected chi connectivity index (χ0v) is 16.8. The molecule has 0 atom stereocenters. The van der Waals surface area contributed by atoms with Gasteiger partial charge in [0.15, 0.2) is 18.3 Å². The van der Waals surface area contributed by atoms with Gasteiger partial charge in [-0.05, 0) is 49.4 Å². The first kappa shape index (κ1) is 20.4. The first-order chi connectivity index (χ1) is 14.1. The molecular weight excluding hydrogens is 396 g/mol. The van der Waals surface area contributed by atoms with E-state index in [0.717, 1.165) is 16.0 Å². The van der Waals surface area contributed by atoms with Gasteiger partial charge in [0.2, 0.25) is 0 Å². The largest absolute Gasteiger partial charge is 0.497 e. The highest BCUT2D eigenvalue weighted by Crippen LogP contribution is 2.29. The van der Waals surface area contributed by atoms with E-state index in [4.69, 9.17) is 18.9 Å². The van der Waals surface area contributed by atoms with Crippen molar-refractivity contribution < 1.29 is 28.5 Å². The van der Waals surface area contributed by atoms with E-state index in [9.17, 15) is 9.59 Å². The summed E-state index contributed by atoms with van der Waals surface area (Å²) in [6.45, 7) is 1.75. The van der Waals surface area contributed by atoms with Gasteiger partial charge in [0.25, 0.3) is 5.91 Å². The quantitative estimate of drug-likeness (QED) is 0.535. The topological polar surface area (TPSA) is 96.0 Å². The summed E-state index contributed by atoms with van der Waals surface area (Å²) >= 11 is 1.31. The van der Waals surface area contributed by atoms with Crippen LogP contribution in [0, 0.1) is 0 Å². The first-order valence-corrected chi connectivity index (χ1v) is 9.64. The van der Waals surface area contributed by atoms with Crippen LogP contribution in [-0.4, -0.2) is 43.8 Å². The molecule has 0 fully saturated rings. The fourth-order valence-electron chi connectivity index (χ4n) is 2.37. The highest BCUT2D eigenvalue weighted by molar-refractivity contribution is 7.22. The number of aromatic nitrogens is 1. The van der Waals surface area contributed by atoms with E-state index in [1.807, 2.05) is 25.1 Å². The predicted molar refractivity (Wildman–Crippen MR) is 109 cm³/mol. The molecule has 0 unspecified atom stereocenters. The van der Waals surface area contributed by atoms with Crippen LogP contribution >= 0.6 is 11.3 Å². The van der Waals surface area contributed by atoms with Crippen molar-refractivity contribution in [1.29, 1.82) is 0 Å². The molecule has 3 rings (SSSR count). The van der Waals surface area contributed by atoms with Crippen molar-refractivity contribution in [3.8, 4) is 17.2 Å². The SMILES string of the molecule is CCOc1ccc2nc(NC(=O)COC(=O)COc3ccc(OC)cc3)sc2c1. The zero-order chi connectivity index (χ0) is 20.6. The minimum absolute atomic E-state index is 0.305. The Bertz CT molecular complexity index is 986. The third kappa shape index (κ3) is 5.82. The normalized spacial score (nSPS) is 10.4. The van der Waals surface area contributed by atoms with E-state index >= 15 is 0 Å². The summed E-state index contributed by atoms with van der Waals surface area (Å²) in [6.07, 6.45) is 0. The van der Waals surface area contributed by atoms with E-state index < -0.39 is 18.5 Å². The summed E-state index contributed by atoms with van der Waals surface area (Å²) in [5, 5.41) is 3.04. The molecule has 0 saturated carbocycles. The second-order valence-corrected chi connectivity index (χ2v) is 6.79. The predicted octanol–water partition coefficient (Wildman–Crippen LogP) is 3.26. The molecule has 0 radical (unpaired) electrons. The summed E-state index contributed by atoms with van der Waals surface area (Å²) < 4.78 is 21.6. The van der Waals surface area contributed by atoms with Crippen molar-refractivity contribution in [1.82, 2.24) is 4.98 Å². The van der Waals surface area contributed by atoms with Gasteiger partial charge in [-0.1, -0.05) is 11.3 Å². The van der Waals surface area contributed by atoms with Crippen molar-refractivity contribution in [2.24, 2.45) is 0 Å². The van der Waals surface area contributed by atoms with Gasteiger partial charge in [-0.3, -0.25) is 10.1 Å². The van der Waals surface area contributed by atoms with E-state index in [1.165, 1.54) is 11.3 Å². The Labute approximate surface area is 171 Å². The third-order valence-electron chi connectivity index (χ3n) is 3.70. The molecule has 3 aromatic rings. The summed E-state index contributed by atoms with van der Waals surface area (Å²) in [7, 11) is 1.56. The van der Waals surface area contributed by atoms with Gasteiger partial charge in [-0.25, -0.2) is 9.78 Å². The average molecular weight is 416 g/mol. The number of thiazole rings is 1. The molecule has 0 aliphatic carbocycles. The maximum absolute atomic E-state index is 12.0. The molecule has 1 amide bonds. The van der Waals surface area contributed by atoms with E-state index in [1.54, 1.807) is 31.4 Å². The number of benzene rings is 2. The number of hydrogen-bond acceptors (Lipinski definition) is 8. The fraction of sp³-hybridized carbons (Fsp3) is 0.250. The summed E-state index contributed by atoms with van der Waals surface area (Å²) in [5.41, 5.74) is 0.749. The zero-order valence-electron chi connectivity index (χ0n) is 16.0. The third-order valence-corrected chi connectivity index (χ3v) is 4.63. The molecular formula is C20H20N2O6S. The molecule has 0 aliphatic heterocycles. The minimum Gasteiger partial charge on any atom is -0.497 e. The van der Waals surface area contributed by atoms with E-state index in [2.05, 4.69) is 10.3 Å². The molecule has 9 heteroatoms. The monoisotopic (exact) mass is 416 g/mol. The first-order valence-electron chi connectivity index (χ1n) is 8.83. The van der Waals surface area contributed by atoms with Crippen molar-refractivity contribution in [2.45, 2.75) is 6.92 Å². The molecule has 0 aliphatic rings. The Kier molecular flexibility index (Phi) is 6.85. The molecule has 1 heterocycles. The summed E-state index contributed by atoms with van der Waals surface area (Å²) in [5.74, 6) is 0.787. The van der Waals surface area contributed by atoms with Crippen LogP contribution in [-0.2, 0) is 14.3 Å². The lowest BCUT2D eigenvalue weighted by molar-refractivity contribution is -0.149. The van der Waals surface area contributed by atoms with E-state index in [-0.39, 0.29) is 6.61 Å². The van der Waals surface area contributed by atoms with Crippen LogP contribution < -0.4 is 19.5 Å². The number of carbonyl (C=O) groups excluding carboxylic acids is 2. The Balaban J connectivity index is 1.45. The van der Waals surface area contributed by atoms with Crippen LogP contribution in [0.4, 0.5) is 5.13 Å². The van der Waals surface area contributed by atoms with Gasteiger partial charge in [-0.2, -0.15) is 0 Å². The van der Waals surface area contributed by atoms with Gasteiger partial charge >= 0.3 is 5.97 Å². The lowest BCUT2D eigenvalue weighted by Gasteiger charge is -2.07. The molecule has 8 nitrogen and oxygen atoms in total. The number of nitrogens with zero attached hydrogens (tertiary/aromatic N) is 1. The lowest BCUT2D eigenvalue weighted by atomic mass is 10.3. The second-order valence-electron chi connectivity index (χ2n) is 5.75. The maximum Gasteiger partial charge on any atom is 0.344 e. The van der Waals surface area contributed by atoms with Gasteiger partial charge in [0.05, 0.1) is 23.9 Å². The molecule has 2 aromatic carbocycles. The molecule has 1 aromatic heterocycles. The number of hydrogen-bond donors (Lipinski definition) is 1. The van der Waals surface area contributed by atoms with Crippen molar-refractivity contribution >= 4 is 38.6 Å². The number of carbonyl (C=O) groups is 2. The number of nitrogens with one attached hydrogen (secondary N) is 1. The van der Waals surface area contributed by atoms with Crippen LogP contribution in [0.25, 0.3) is 10.2 Å². The van der Waals surface area contributed by atoms with Crippen molar-refractivity contribution in [3.05, 3.63) is 42.5 Å². The Hall–Kier alpha value is -3.33. The lowest BCUT2D eigenvalue weighted by Crippen LogP contribution is -2.23. The minimum atomic E-state index is -0.651. The number of rotatable bonds is 9. The van der Waals surface area contributed by atoms with Crippen LogP contribution in [0.15, 0.2) is 42.5 Å². The highest BCUT2D eigenvalue weighted by Gasteiger charge is 2.12. The van der Waals surface area contributed by atoms with Crippen LogP contribution in [0.5, 0.6) is 17.2 Å². The van der Waals surface area contributed by atoms with Crippen molar-refractivity contribution in [3.63, 3.8) is 0 Å². The van der Waals surface area contributed by atoms with E-state index in [0.29, 0.717) is 23.2 Å². The van der Waals surface area contributed by atoms with Crippen LogP contribution in [0.3, 0.4) is 0 Å². The number of amides is 1. The summed E-state index contributed by atoms with van der Waals surface area (Å²) in [4.78, 5) is 28.1. The Morgan fingerprint density at radius 1 is 1.00 bits per heavy atom. The number of methoxy groups -OCH3 is 1. The van der Waals surface area contributed by atoms with Gasteiger partial charge in [0, 0.05) is 0 Å². The van der Waals surface area contributed by atoms with Gasteiger partial charge in [-0.15, -0.1) is 0 Å². The number of esters is 1. The molecule has 152 valence electrons. The molecule has 0 saturated heterocycles. The fourth-order valence-corrected chi connectivity index (χ4v) is 3.28. The molecule has 29 heavy (non-hydrogen) atoms. The molecule has 0 spiro atoms. The van der Waals surface area contributed by atoms with Crippen molar-refractivity contribution in [2.75, 3.05) is 32.2 Å². The summed E-state index contributed by atoms with van der Waals surface area (Å²) in [6, 6.07) is 12.3. The highest BCUT2D eigenvalue weighted by atomic mass is 32.1. The number of anilines is 1. The smallest absolute Gasteiger partial charge is 0.344 e. The standard InChI is InChI=1S/C20H20N2O6S/c1-3-26-15-8-9-16-17(10-15)29-20(21-16)22-18(23)11-28-19(24)12-27-14-6-4-13(25-2)5-7-14/h4-10H,3,11-12H2,1-2H3,(H,21,22,23). The maximum atomic E-state index is 12.0. The molecule has 0 bridgehead atoms. The number of ether oxygens (including phenoxy) is 4. The van der Waals surface area contributed by atoms with Gasteiger partial charge in [0.1, 0.15) is 17.2 Å². The average Bonchev–Trinajstić information content (AvgIpc) is 3.12. The van der Waals surface area contributed by atoms with Crippen LogP contribution in [0.2, 0.25) is 0 Å². The number of fused-ring (bicyclic) bond motifs is 1. The molecule has 1 N–H and O–H groups in total. The van der Waals surface area contributed by atoms with Gasteiger partial charge < -0.3 is 18.9 Å².